The maximum absolute atomic E-state index is 13.5. The second-order valence-electron chi connectivity index (χ2n) is 7.03. The lowest BCUT2D eigenvalue weighted by Crippen LogP contribution is -2.35. The Bertz CT molecular complexity index is 937. The summed E-state index contributed by atoms with van der Waals surface area (Å²) in [5.74, 6) is -0.370. The number of nitrogens with one attached hydrogen (secondary N) is 1. The van der Waals surface area contributed by atoms with Gasteiger partial charge in [-0.25, -0.2) is 9.37 Å². The molecule has 2 aromatic carbocycles. The lowest BCUT2D eigenvalue weighted by Gasteiger charge is -2.25. The molecule has 1 aromatic heterocycles. The number of hydrogen-bond acceptors (Lipinski definition) is 4. The molecule has 1 atom stereocenters. The molecule has 0 saturated carbocycles. The first-order valence-electron chi connectivity index (χ1n) is 9.12. The Morgan fingerprint density at radius 2 is 1.96 bits per heavy atom. The number of halogens is 1. The standard InChI is InChI=1S/C22H24FN3OS/c1-15-7-9-16(10-8-15)22-25-19(14-28-22)12-21(27)24-13-20(26(2)3)17-5-4-6-18(23)11-17/h4-11,14,20H,12-13H2,1-3H3,(H,24,27). The summed E-state index contributed by atoms with van der Waals surface area (Å²) in [6.07, 6.45) is 0.228. The molecule has 0 aliphatic heterocycles. The second kappa shape index (κ2) is 9.08. The molecule has 0 fully saturated rings. The zero-order chi connectivity index (χ0) is 20.1. The van der Waals surface area contributed by atoms with E-state index >= 15 is 0 Å². The van der Waals surface area contributed by atoms with Crippen LogP contribution in [0.1, 0.15) is 22.9 Å². The molecule has 1 amide bonds. The van der Waals surface area contributed by atoms with Crippen LogP contribution in [-0.4, -0.2) is 36.4 Å². The van der Waals surface area contributed by atoms with Crippen LogP contribution in [0.5, 0.6) is 0 Å². The Morgan fingerprint density at radius 1 is 1.21 bits per heavy atom. The summed E-state index contributed by atoms with van der Waals surface area (Å²) in [6, 6.07) is 14.6. The van der Waals surface area contributed by atoms with Crippen LogP contribution < -0.4 is 5.32 Å². The first-order valence-corrected chi connectivity index (χ1v) is 10.0. The minimum absolute atomic E-state index is 0.0935. The van der Waals surface area contributed by atoms with Gasteiger partial charge in [-0.05, 0) is 38.7 Å². The number of likely N-dealkylation sites (N-methyl/N-ethyl adjacent to an activating group) is 1. The van der Waals surface area contributed by atoms with Gasteiger partial charge in [0.15, 0.2) is 0 Å². The summed E-state index contributed by atoms with van der Waals surface area (Å²) in [5, 5.41) is 5.78. The number of hydrogen-bond donors (Lipinski definition) is 1. The molecule has 0 spiro atoms. The van der Waals surface area contributed by atoms with E-state index in [0.29, 0.717) is 6.54 Å². The lowest BCUT2D eigenvalue weighted by atomic mass is 10.1. The normalized spacial score (nSPS) is 12.2. The minimum Gasteiger partial charge on any atom is -0.354 e. The Labute approximate surface area is 169 Å². The van der Waals surface area contributed by atoms with Crippen molar-refractivity contribution in [3.8, 4) is 10.6 Å². The smallest absolute Gasteiger partial charge is 0.226 e. The highest BCUT2D eigenvalue weighted by Gasteiger charge is 2.16. The zero-order valence-electron chi connectivity index (χ0n) is 16.3. The van der Waals surface area contributed by atoms with E-state index in [1.807, 2.05) is 49.5 Å². The van der Waals surface area contributed by atoms with E-state index in [0.717, 1.165) is 21.8 Å². The molecule has 1 heterocycles. The van der Waals surface area contributed by atoms with E-state index in [2.05, 4.69) is 22.4 Å². The topological polar surface area (TPSA) is 45.2 Å². The van der Waals surface area contributed by atoms with Crippen molar-refractivity contribution in [1.29, 1.82) is 0 Å². The maximum atomic E-state index is 13.5. The zero-order valence-corrected chi connectivity index (χ0v) is 17.1. The molecule has 3 rings (SSSR count). The van der Waals surface area contributed by atoms with E-state index in [-0.39, 0.29) is 24.2 Å². The molecule has 146 valence electrons. The summed E-state index contributed by atoms with van der Waals surface area (Å²) in [4.78, 5) is 18.9. The number of carbonyl (C=O) groups excluding carboxylic acids is 1. The quantitative estimate of drug-likeness (QED) is 0.649. The van der Waals surface area contributed by atoms with Gasteiger partial charge in [0.1, 0.15) is 10.8 Å². The molecule has 4 nitrogen and oxygen atoms in total. The van der Waals surface area contributed by atoms with Crippen LogP contribution in [0.4, 0.5) is 4.39 Å². The average molecular weight is 398 g/mol. The van der Waals surface area contributed by atoms with Crippen LogP contribution in [-0.2, 0) is 11.2 Å². The molecule has 3 aromatic rings. The molecular formula is C22H24FN3OS. The van der Waals surface area contributed by atoms with Crippen molar-refractivity contribution < 1.29 is 9.18 Å². The van der Waals surface area contributed by atoms with Crippen LogP contribution in [0.15, 0.2) is 53.9 Å². The van der Waals surface area contributed by atoms with Gasteiger partial charge in [0.25, 0.3) is 0 Å². The summed E-state index contributed by atoms with van der Waals surface area (Å²) >= 11 is 1.54. The van der Waals surface area contributed by atoms with Crippen LogP contribution in [0.2, 0.25) is 0 Å². The van der Waals surface area contributed by atoms with Gasteiger partial charge in [-0.2, -0.15) is 0 Å². The summed E-state index contributed by atoms with van der Waals surface area (Å²) in [7, 11) is 3.83. The van der Waals surface area contributed by atoms with Crippen molar-refractivity contribution in [1.82, 2.24) is 15.2 Å². The monoisotopic (exact) mass is 397 g/mol. The maximum Gasteiger partial charge on any atom is 0.226 e. The largest absolute Gasteiger partial charge is 0.354 e. The average Bonchev–Trinajstić information content (AvgIpc) is 3.10. The van der Waals surface area contributed by atoms with Gasteiger partial charge in [0.05, 0.1) is 18.2 Å². The van der Waals surface area contributed by atoms with Gasteiger partial charge < -0.3 is 10.2 Å². The highest BCUT2D eigenvalue weighted by Crippen LogP contribution is 2.24. The predicted molar refractivity (Wildman–Crippen MR) is 112 cm³/mol. The fraction of sp³-hybridized carbons (Fsp3) is 0.273. The number of amides is 1. The Kier molecular flexibility index (Phi) is 6.54. The number of thiazole rings is 1. The van der Waals surface area contributed by atoms with Crippen molar-refractivity contribution >= 4 is 17.2 Å². The Hall–Kier alpha value is -2.57. The van der Waals surface area contributed by atoms with Crippen molar-refractivity contribution in [2.24, 2.45) is 0 Å². The second-order valence-corrected chi connectivity index (χ2v) is 7.88. The van der Waals surface area contributed by atoms with E-state index in [4.69, 9.17) is 0 Å². The van der Waals surface area contributed by atoms with Gasteiger partial charge in [0, 0.05) is 17.5 Å². The molecule has 6 heteroatoms. The van der Waals surface area contributed by atoms with E-state index < -0.39 is 0 Å². The third-order valence-corrected chi connectivity index (χ3v) is 5.48. The van der Waals surface area contributed by atoms with Gasteiger partial charge in [-0.3, -0.25) is 4.79 Å². The van der Waals surface area contributed by atoms with E-state index in [1.165, 1.54) is 29.0 Å². The first-order chi connectivity index (χ1) is 13.4. The summed E-state index contributed by atoms with van der Waals surface area (Å²) in [5.41, 5.74) is 3.85. The van der Waals surface area contributed by atoms with Crippen molar-refractivity contribution in [3.05, 3.63) is 76.5 Å². The van der Waals surface area contributed by atoms with Crippen molar-refractivity contribution in [3.63, 3.8) is 0 Å². The van der Waals surface area contributed by atoms with E-state index in [9.17, 15) is 9.18 Å². The Balaban J connectivity index is 1.60. The molecule has 0 saturated heterocycles. The molecule has 1 unspecified atom stereocenters. The fourth-order valence-electron chi connectivity index (χ4n) is 2.97. The summed E-state index contributed by atoms with van der Waals surface area (Å²) in [6.45, 7) is 2.45. The van der Waals surface area contributed by atoms with Gasteiger partial charge >= 0.3 is 0 Å². The molecule has 0 aliphatic rings. The number of rotatable bonds is 7. The lowest BCUT2D eigenvalue weighted by molar-refractivity contribution is -0.120. The molecular weight excluding hydrogens is 373 g/mol. The highest BCUT2D eigenvalue weighted by molar-refractivity contribution is 7.13. The number of aromatic nitrogens is 1. The van der Waals surface area contributed by atoms with Gasteiger partial charge in [-0.15, -0.1) is 11.3 Å². The molecule has 28 heavy (non-hydrogen) atoms. The van der Waals surface area contributed by atoms with Crippen molar-refractivity contribution in [2.75, 3.05) is 20.6 Å². The molecule has 0 radical (unpaired) electrons. The van der Waals surface area contributed by atoms with Crippen molar-refractivity contribution in [2.45, 2.75) is 19.4 Å². The predicted octanol–water partition coefficient (Wildman–Crippen LogP) is 4.22. The number of benzene rings is 2. The molecule has 0 aliphatic carbocycles. The van der Waals surface area contributed by atoms with Crippen LogP contribution in [0.25, 0.3) is 10.6 Å². The van der Waals surface area contributed by atoms with E-state index in [1.54, 1.807) is 6.07 Å². The Morgan fingerprint density at radius 3 is 2.64 bits per heavy atom. The minimum atomic E-state index is -0.276. The van der Waals surface area contributed by atoms with Gasteiger partial charge in [0.2, 0.25) is 5.91 Å². The van der Waals surface area contributed by atoms with Crippen LogP contribution >= 0.6 is 11.3 Å². The fourth-order valence-corrected chi connectivity index (χ4v) is 3.79. The third kappa shape index (κ3) is 5.24. The number of nitrogens with zero attached hydrogens (tertiary/aromatic N) is 2. The molecule has 0 bridgehead atoms. The van der Waals surface area contributed by atoms with Crippen LogP contribution in [0.3, 0.4) is 0 Å². The number of aryl methyl sites for hydroxylation is 1. The first kappa shape index (κ1) is 20.2. The number of carbonyl (C=O) groups is 1. The SMILES string of the molecule is Cc1ccc(-c2nc(CC(=O)NCC(c3cccc(F)c3)N(C)C)cs2)cc1. The van der Waals surface area contributed by atoms with Crippen LogP contribution in [0, 0.1) is 12.7 Å². The third-order valence-electron chi connectivity index (χ3n) is 4.54. The highest BCUT2D eigenvalue weighted by atomic mass is 32.1. The summed E-state index contributed by atoms with van der Waals surface area (Å²) < 4.78 is 13.5. The molecule has 1 N–H and O–H groups in total. The van der Waals surface area contributed by atoms with Gasteiger partial charge in [-0.1, -0.05) is 42.0 Å².